The number of H-pyrrole nitrogens is 1. The molecule has 5 nitrogen and oxygen atoms in total. The Labute approximate surface area is 158 Å². The molecule has 1 aromatic heterocycles. The van der Waals surface area contributed by atoms with Gasteiger partial charge in [-0.1, -0.05) is 66.7 Å². The SMILES string of the molecule is Cc1c(COCc2cccc(-c3nn[nH]n3)c2)cccc1-c1ccccc1. The van der Waals surface area contributed by atoms with Crippen molar-refractivity contribution in [2.24, 2.45) is 0 Å². The third-order valence-corrected chi connectivity index (χ3v) is 4.59. The van der Waals surface area contributed by atoms with Crippen molar-refractivity contribution in [2.45, 2.75) is 20.1 Å². The van der Waals surface area contributed by atoms with Crippen LogP contribution in [0.15, 0.2) is 72.8 Å². The summed E-state index contributed by atoms with van der Waals surface area (Å²) in [7, 11) is 0. The predicted molar refractivity (Wildman–Crippen MR) is 105 cm³/mol. The van der Waals surface area contributed by atoms with Gasteiger partial charge in [0, 0.05) is 5.56 Å². The van der Waals surface area contributed by atoms with Crippen LogP contribution < -0.4 is 0 Å². The van der Waals surface area contributed by atoms with Crippen LogP contribution in [0.1, 0.15) is 16.7 Å². The fourth-order valence-corrected chi connectivity index (χ4v) is 3.13. The van der Waals surface area contributed by atoms with Crippen molar-refractivity contribution >= 4 is 0 Å². The molecule has 0 saturated heterocycles. The van der Waals surface area contributed by atoms with Gasteiger partial charge in [0.1, 0.15) is 0 Å². The molecule has 0 fully saturated rings. The summed E-state index contributed by atoms with van der Waals surface area (Å²) in [5.74, 6) is 0.586. The first kappa shape index (κ1) is 17.1. The summed E-state index contributed by atoms with van der Waals surface area (Å²) in [6, 6.07) is 24.8. The molecule has 4 aromatic rings. The highest BCUT2D eigenvalue weighted by molar-refractivity contribution is 5.68. The van der Waals surface area contributed by atoms with Crippen LogP contribution in [0.4, 0.5) is 0 Å². The van der Waals surface area contributed by atoms with Crippen molar-refractivity contribution in [2.75, 3.05) is 0 Å². The zero-order valence-electron chi connectivity index (χ0n) is 15.1. The Morgan fingerprint density at radius 3 is 2.48 bits per heavy atom. The molecule has 0 aliphatic heterocycles. The van der Waals surface area contributed by atoms with E-state index in [0.717, 1.165) is 11.1 Å². The Morgan fingerprint density at radius 1 is 0.852 bits per heavy atom. The minimum absolute atomic E-state index is 0.528. The second-order valence-electron chi connectivity index (χ2n) is 6.38. The molecule has 0 unspecified atom stereocenters. The van der Waals surface area contributed by atoms with Gasteiger partial charge in [0.2, 0.25) is 5.82 Å². The topological polar surface area (TPSA) is 63.7 Å². The van der Waals surface area contributed by atoms with Gasteiger partial charge >= 0.3 is 0 Å². The molecule has 4 rings (SSSR count). The standard InChI is InChI=1S/C22H20N4O/c1-16-20(11-6-12-21(16)18-8-3-2-4-9-18)15-27-14-17-7-5-10-19(13-17)22-23-25-26-24-22/h2-13H,14-15H2,1H3,(H,23,24,25,26). The molecule has 0 spiro atoms. The summed E-state index contributed by atoms with van der Waals surface area (Å²) < 4.78 is 5.99. The van der Waals surface area contributed by atoms with E-state index < -0.39 is 0 Å². The fraction of sp³-hybridized carbons (Fsp3) is 0.136. The zero-order chi connectivity index (χ0) is 18.5. The van der Waals surface area contributed by atoms with Crippen LogP contribution in [0.2, 0.25) is 0 Å². The van der Waals surface area contributed by atoms with Crippen LogP contribution in [0.25, 0.3) is 22.5 Å². The summed E-state index contributed by atoms with van der Waals surface area (Å²) in [6.45, 7) is 3.25. The van der Waals surface area contributed by atoms with Gasteiger partial charge in [-0.2, -0.15) is 5.21 Å². The maximum absolute atomic E-state index is 5.99. The van der Waals surface area contributed by atoms with Crippen molar-refractivity contribution < 1.29 is 4.74 Å². The molecule has 0 aliphatic carbocycles. The number of nitrogens with zero attached hydrogens (tertiary/aromatic N) is 3. The first-order chi connectivity index (χ1) is 13.3. The lowest BCUT2D eigenvalue weighted by Gasteiger charge is -2.12. The second kappa shape index (κ2) is 7.93. The lowest BCUT2D eigenvalue weighted by atomic mass is 9.97. The molecule has 0 amide bonds. The van der Waals surface area contributed by atoms with E-state index in [4.69, 9.17) is 4.74 Å². The van der Waals surface area contributed by atoms with Crippen molar-refractivity contribution in [3.8, 4) is 22.5 Å². The Bertz CT molecular complexity index is 1010. The first-order valence-electron chi connectivity index (χ1n) is 8.85. The second-order valence-corrected chi connectivity index (χ2v) is 6.38. The molecule has 1 heterocycles. The fourth-order valence-electron chi connectivity index (χ4n) is 3.13. The van der Waals surface area contributed by atoms with E-state index in [-0.39, 0.29) is 0 Å². The van der Waals surface area contributed by atoms with Gasteiger partial charge in [-0.05, 0) is 46.0 Å². The van der Waals surface area contributed by atoms with E-state index in [2.05, 4.69) is 70.0 Å². The number of rotatable bonds is 6. The number of hydrogen-bond acceptors (Lipinski definition) is 4. The molecule has 5 heteroatoms. The number of nitrogens with one attached hydrogen (secondary N) is 1. The number of aromatic amines is 1. The predicted octanol–water partition coefficient (Wildman–Crippen LogP) is 4.56. The average molecular weight is 356 g/mol. The minimum atomic E-state index is 0.528. The van der Waals surface area contributed by atoms with Gasteiger partial charge in [-0.3, -0.25) is 0 Å². The number of benzene rings is 3. The van der Waals surface area contributed by atoms with Gasteiger partial charge in [0.25, 0.3) is 0 Å². The summed E-state index contributed by atoms with van der Waals surface area (Å²) in [5, 5.41) is 14.1. The molecule has 0 radical (unpaired) electrons. The number of aromatic nitrogens is 4. The lowest BCUT2D eigenvalue weighted by Crippen LogP contribution is -1.98. The van der Waals surface area contributed by atoms with Gasteiger partial charge in [-0.25, -0.2) is 0 Å². The van der Waals surface area contributed by atoms with E-state index in [1.807, 2.05) is 30.3 Å². The molecule has 0 atom stereocenters. The van der Waals surface area contributed by atoms with Gasteiger partial charge in [0.05, 0.1) is 13.2 Å². The quantitative estimate of drug-likeness (QED) is 0.550. The summed E-state index contributed by atoms with van der Waals surface area (Å²) in [6.07, 6.45) is 0. The Morgan fingerprint density at radius 2 is 1.67 bits per heavy atom. The highest BCUT2D eigenvalue weighted by Gasteiger charge is 2.07. The lowest BCUT2D eigenvalue weighted by molar-refractivity contribution is 0.107. The molecule has 27 heavy (non-hydrogen) atoms. The molecular weight excluding hydrogens is 336 g/mol. The zero-order valence-corrected chi connectivity index (χ0v) is 15.1. The highest BCUT2D eigenvalue weighted by Crippen LogP contribution is 2.26. The molecule has 1 N–H and O–H groups in total. The number of ether oxygens (including phenoxy) is 1. The maximum Gasteiger partial charge on any atom is 0.204 e. The van der Waals surface area contributed by atoms with Gasteiger partial charge in [0.15, 0.2) is 0 Å². The molecule has 3 aromatic carbocycles. The van der Waals surface area contributed by atoms with Gasteiger partial charge in [-0.15, -0.1) is 10.2 Å². The Hall–Kier alpha value is -3.31. The van der Waals surface area contributed by atoms with E-state index in [1.54, 1.807) is 0 Å². The normalized spacial score (nSPS) is 10.9. The molecule has 0 bridgehead atoms. The first-order valence-corrected chi connectivity index (χ1v) is 8.85. The van der Waals surface area contributed by atoms with Crippen LogP contribution in [-0.2, 0) is 18.0 Å². The van der Waals surface area contributed by atoms with Crippen molar-refractivity contribution in [3.05, 3.63) is 89.5 Å². The maximum atomic E-state index is 5.99. The van der Waals surface area contributed by atoms with Crippen LogP contribution in [0.5, 0.6) is 0 Å². The molecular formula is C22H20N4O. The van der Waals surface area contributed by atoms with Crippen molar-refractivity contribution in [3.63, 3.8) is 0 Å². The monoisotopic (exact) mass is 356 g/mol. The smallest absolute Gasteiger partial charge is 0.204 e. The third-order valence-electron chi connectivity index (χ3n) is 4.59. The average Bonchev–Trinajstić information content (AvgIpc) is 3.25. The summed E-state index contributed by atoms with van der Waals surface area (Å²) in [4.78, 5) is 0. The summed E-state index contributed by atoms with van der Waals surface area (Å²) >= 11 is 0. The van der Waals surface area contributed by atoms with Crippen molar-refractivity contribution in [1.82, 2.24) is 20.6 Å². The minimum Gasteiger partial charge on any atom is -0.372 e. The Balaban J connectivity index is 1.45. The molecule has 0 aliphatic rings. The number of tetrazole rings is 1. The van der Waals surface area contributed by atoms with E-state index >= 15 is 0 Å². The van der Waals surface area contributed by atoms with Crippen molar-refractivity contribution in [1.29, 1.82) is 0 Å². The van der Waals surface area contributed by atoms with Gasteiger partial charge < -0.3 is 4.74 Å². The van der Waals surface area contributed by atoms with E-state index in [1.165, 1.54) is 22.3 Å². The van der Waals surface area contributed by atoms with Crippen LogP contribution in [-0.4, -0.2) is 20.6 Å². The number of hydrogen-bond donors (Lipinski definition) is 1. The molecule has 0 saturated carbocycles. The third kappa shape index (κ3) is 3.93. The van der Waals surface area contributed by atoms with E-state index in [0.29, 0.717) is 19.0 Å². The summed E-state index contributed by atoms with van der Waals surface area (Å²) in [5.41, 5.74) is 6.93. The van der Waals surface area contributed by atoms with E-state index in [9.17, 15) is 0 Å². The van der Waals surface area contributed by atoms with Crippen LogP contribution in [0.3, 0.4) is 0 Å². The van der Waals surface area contributed by atoms with Crippen LogP contribution in [0, 0.1) is 6.92 Å². The highest BCUT2D eigenvalue weighted by atomic mass is 16.5. The molecule has 134 valence electrons. The largest absolute Gasteiger partial charge is 0.372 e. The Kier molecular flexibility index (Phi) is 5.03. The van der Waals surface area contributed by atoms with Crippen LogP contribution >= 0.6 is 0 Å².